The van der Waals surface area contributed by atoms with Gasteiger partial charge in [0.2, 0.25) is 0 Å². The van der Waals surface area contributed by atoms with Crippen LogP contribution in [0.2, 0.25) is 5.02 Å². The van der Waals surface area contributed by atoms with Crippen LogP contribution in [-0.4, -0.2) is 65.1 Å². The standard InChI is InChI=1S/C24H27ClN4O2.2ClH/c25-20-4-3-18(23-19(20)14-26-24(23)31)22-13-17-12-16(2-5-21(17)27-22)15-29-9-7-28(8-10-29)6-1-11-30;;/h2-5,12-13,27,30H,1,6-11,14-15H2,(H,26,31);2*1H. The van der Waals surface area contributed by atoms with Crippen molar-refractivity contribution in [3.05, 3.63) is 58.1 Å². The molecule has 33 heavy (non-hydrogen) atoms. The molecule has 2 aliphatic rings. The van der Waals surface area contributed by atoms with E-state index in [4.69, 9.17) is 16.7 Å². The fraction of sp³-hybridized carbons (Fsp3) is 0.375. The van der Waals surface area contributed by atoms with Crippen LogP contribution in [-0.2, 0) is 13.1 Å². The molecule has 3 aromatic rings. The molecule has 0 aliphatic carbocycles. The number of nitrogens with one attached hydrogen (secondary N) is 2. The molecule has 0 saturated carbocycles. The Morgan fingerprint density at radius 1 is 1.00 bits per heavy atom. The van der Waals surface area contributed by atoms with E-state index >= 15 is 0 Å². The SMILES string of the molecule is Cl.Cl.O=C1NCc2c(Cl)ccc(-c3cc4cc(CN5CCN(CCCO)CC5)ccc4[nH]3)c21. The minimum absolute atomic E-state index is 0. The van der Waals surface area contributed by atoms with Crippen molar-refractivity contribution in [2.45, 2.75) is 19.5 Å². The summed E-state index contributed by atoms with van der Waals surface area (Å²) in [5.41, 5.74) is 5.75. The smallest absolute Gasteiger partial charge is 0.252 e. The lowest BCUT2D eigenvalue weighted by Gasteiger charge is -2.34. The number of aromatic amines is 1. The molecule has 178 valence electrons. The van der Waals surface area contributed by atoms with E-state index in [0.29, 0.717) is 17.1 Å². The molecular weight excluding hydrogens is 483 g/mol. The first-order valence-corrected chi connectivity index (χ1v) is 11.3. The van der Waals surface area contributed by atoms with Crippen molar-refractivity contribution in [2.75, 3.05) is 39.3 Å². The Hall–Kier alpha value is -1.80. The lowest BCUT2D eigenvalue weighted by molar-refractivity contribution is 0.0966. The highest BCUT2D eigenvalue weighted by Gasteiger charge is 2.26. The number of nitrogens with zero attached hydrogens (tertiary/aromatic N) is 2. The van der Waals surface area contributed by atoms with E-state index in [2.05, 4.69) is 44.4 Å². The van der Waals surface area contributed by atoms with Gasteiger partial charge < -0.3 is 20.3 Å². The second kappa shape index (κ2) is 11.1. The fourth-order valence-corrected chi connectivity index (χ4v) is 4.91. The monoisotopic (exact) mass is 510 g/mol. The Morgan fingerprint density at radius 2 is 1.76 bits per heavy atom. The molecule has 1 amide bonds. The number of piperazine rings is 1. The van der Waals surface area contributed by atoms with E-state index < -0.39 is 0 Å². The van der Waals surface area contributed by atoms with Crippen LogP contribution in [0, 0.1) is 0 Å². The van der Waals surface area contributed by atoms with Gasteiger partial charge in [-0.15, -0.1) is 24.8 Å². The van der Waals surface area contributed by atoms with Gasteiger partial charge in [-0.05, 0) is 36.2 Å². The van der Waals surface area contributed by atoms with E-state index in [0.717, 1.165) is 73.4 Å². The molecule has 1 fully saturated rings. The topological polar surface area (TPSA) is 71.6 Å². The van der Waals surface area contributed by atoms with E-state index in [9.17, 15) is 4.79 Å². The van der Waals surface area contributed by atoms with E-state index in [1.54, 1.807) is 0 Å². The zero-order valence-corrected chi connectivity index (χ0v) is 20.7. The first-order valence-electron chi connectivity index (χ1n) is 10.9. The summed E-state index contributed by atoms with van der Waals surface area (Å²) in [6.45, 7) is 6.88. The molecule has 2 aromatic carbocycles. The molecule has 3 heterocycles. The van der Waals surface area contributed by atoms with Gasteiger partial charge in [-0.25, -0.2) is 0 Å². The zero-order chi connectivity index (χ0) is 21.4. The maximum Gasteiger partial charge on any atom is 0.252 e. The van der Waals surface area contributed by atoms with Crippen molar-refractivity contribution in [1.29, 1.82) is 0 Å². The summed E-state index contributed by atoms with van der Waals surface area (Å²) in [4.78, 5) is 20.8. The quantitative estimate of drug-likeness (QED) is 0.466. The largest absolute Gasteiger partial charge is 0.396 e. The third-order valence-corrected chi connectivity index (χ3v) is 6.74. The molecule has 0 spiro atoms. The van der Waals surface area contributed by atoms with Gasteiger partial charge in [0.1, 0.15) is 0 Å². The molecule has 1 aromatic heterocycles. The predicted molar refractivity (Wildman–Crippen MR) is 138 cm³/mol. The van der Waals surface area contributed by atoms with Crippen LogP contribution in [0.15, 0.2) is 36.4 Å². The third kappa shape index (κ3) is 5.32. The summed E-state index contributed by atoms with van der Waals surface area (Å²) in [7, 11) is 0. The number of fused-ring (bicyclic) bond motifs is 2. The first kappa shape index (κ1) is 25.8. The van der Waals surface area contributed by atoms with Crippen LogP contribution >= 0.6 is 36.4 Å². The van der Waals surface area contributed by atoms with Gasteiger partial charge >= 0.3 is 0 Å². The Labute approximate surface area is 211 Å². The normalized spacial score (nSPS) is 16.2. The Bertz CT molecular complexity index is 1130. The van der Waals surface area contributed by atoms with Crippen molar-refractivity contribution in [3.63, 3.8) is 0 Å². The average Bonchev–Trinajstić information content (AvgIpc) is 3.38. The Kier molecular flexibility index (Phi) is 8.67. The van der Waals surface area contributed by atoms with Gasteiger partial charge in [-0.2, -0.15) is 0 Å². The number of hydrogen-bond donors (Lipinski definition) is 3. The van der Waals surface area contributed by atoms with Crippen molar-refractivity contribution >= 4 is 53.2 Å². The highest BCUT2D eigenvalue weighted by molar-refractivity contribution is 6.32. The number of amides is 1. The summed E-state index contributed by atoms with van der Waals surface area (Å²) < 4.78 is 0. The number of H-pyrrole nitrogens is 1. The number of rotatable bonds is 6. The average molecular weight is 512 g/mol. The molecule has 0 bridgehead atoms. The van der Waals surface area contributed by atoms with Gasteiger partial charge in [0, 0.05) is 85.2 Å². The molecule has 0 atom stereocenters. The molecule has 6 nitrogen and oxygen atoms in total. The van der Waals surface area contributed by atoms with Crippen LogP contribution in [0.4, 0.5) is 0 Å². The van der Waals surface area contributed by atoms with Crippen LogP contribution in [0.1, 0.15) is 27.9 Å². The van der Waals surface area contributed by atoms with Gasteiger partial charge in [0.25, 0.3) is 5.91 Å². The van der Waals surface area contributed by atoms with Crippen LogP contribution in [0.25, 0.3) is 22.2 Å². The number of carbonyl (C=O) groups excluding carboxylic acids is 1. The molecule has 0 unspecified atom stereocenters. The zero-order valence-electron chi connectivity index (χ0n) is 18.3. The molecule has 9 heteroatoms. The van der Waals surface area contributed by atoms with Crippen molar-refractivity contribution < 1.29 is 9.90 Å². The summed E-state index contributed by atoms with van der Waals surface area (Å²) in [5, 5.41) is 13.7. The Balaban J connectivity index is 0.00000153. The summed E-state index contributed by atoms with van der Waals surface area (Å²) >= 11 is 6.30. The highest BCUT2D eigenvalue weighted by Crippen LogP contribution is 2.34. The molecule has 5 rings (SSSR count). The number of carbonyl (C=O) groups is 1. The number of benzene rings is 2. The third-order valence-electron chi connectivity index (χ3n) is 6.39. The second-order valence-electron chi connectivity index (χ2n) is 8.43. The maximum atomic E-state index is 12.4. The van der Waals surface area contributed by atoms with E-state index in [-0.39, 0.29) is 37.3 Å². The van der Waals surface area contributed by atoms with Crippen LogP contribution in [0.3, 0.4) is 0 Å². The molecule has 1 saturated heterocycles. The first-order chi connectivity index (χ1) is 15.1. The molecule has 0 radical (unpaired) electrons. The summed E-state index contributed by atoms with van der Waals surface area (Å²) in [6.07, 6.45) is 0.852. The van der Waals surface area contributed by atoms with Gasteiger partial charge in [-0.1, -0.05) is 23.7 Å². The summed E-state index contributed by atoms with van der Waals surface area (Å²) in [5.74, 6) is -0.0648. The number of aliphatic hydroxyl groups is 1. The lowest BCUT2D eigenvalue weighted by Crippen LogP contribution is -2.46. The molecule has 2 aliphatic heterocycles. The van der Waals surface area contributed by atoms with E-state index in [1.807, 2.05) is 12.1 Å². The van der Waals surface area contributed by atoms with Crippen LogP contribution in [0.5, 0.6) is 0 Å². The van der Waals surface area contributed by atoms with Crippen molar-refractivity contribution in [2.24, 2.45) is 0 Å². The minimum atomic E-state index is -0.0648. The summed E-state index contributed by atoms with van der Waals surface area (Å²) in [6, 6.07) is 12.5. The lowest BCUT2D eigenvalue weighted by atomic mass is 10.0. The van der Waals surface area contributed by atoms with Crippen molar-refractivity contribution in [1.82, 2.24) is 20.1 Å². The Morgan fingerprint density at radius 3 is 2.52 bits per heavy atom. The van der Waals surface area contributed by atoms with E-state index in [1.165, 1.54) is 5.56 Å². The molecular formula is C24H29Cl3N4O2. The number of halogens is 3. The number of aliphatic hydroxyl groups excluding tert-OH is 1. The highest BCUT2D eigenvalue weighted by atomic mass is 35.5. The van der Waals surface area contributed by atoms with Gasteiger partial charge in [0.05, 0.1) is 5.56 Å². The molecule has 3 N–H and O–H groups in total. The van der Waals surface area contributed by atoms with Gasteiger partial charge in [0.15, 0.2) is 0 Å². The van der Waals surface area contributed by atoms with Crippen molar-refractivity contribution in [3.8, 4) is 11.3 Å². The minimum Gasteiger partial charge on any atom is -0.396 e. The second-order valence-corrected chi connectivity index (χ2v) is 8.84. The number of hydrogen-bond acceptors (Lipinski definition) is 4. The number of aromatic nitrogens is 1. The van der Waals surface area contributed by atoms with Gasteiger partial charge in [-0.3, -0.25) is 9.69 Å². The maximum absolute atomic E-state index is 12.4. The predicted octanol–water partition coefficient (Wildman–Crippen LogP) is 4.08. The van der Waals surface area contributed by atoms with Crippen LogP contribution < -0.4 is 5.32 Å². The fourth-order valence-electron chi connectivity index (χ4n) is 4.69.